The molecular weight excluding hydrogens is 443 g/mol. The molecule has 0 N–H and O–H groups in total. The number of aryl methyl sites for hydroxylation is 1. The van der Waals surface area contributed by atoms with Crippen molar-refractivity contribution in [2.24, 2.45) is 0 Å². The van der Waals surface area contributed by atoms with Gasteiger partial charge in [0.2, 0.25) is 16.0 Å². The van der Waals surface area contributed by atoms with E-state index in [2.05, 4.69) is 9.88 Å². The fourth-order valence-corrected chi connectivity index (χ4v) is 5.56. The monoisotopic (exact) mass is 469 g/mol. The number of alkyl halides is 3. The fourth-order valence-electron chi connectivity index (χ4n) is 4.04. The highest BCUT2D eigenvalue weighted by molar-refractivity contribution is 7.88. The third-order valence-electron chi connectivity index (χ3n) is 5.80. The van der Waals surface area contributed by atoms with Gasteiger partial charge in [-0.2, -0.15) is 22.5 Å². The number of hydrogen-bond donors (Lipinski definition) is 0. The first-order chi connectivity index (χ1) is 15.1. The van der Waals surface area contributed by atoms with E-state index in [-0.39, 0.29) is 18.8 Å². The SMILES string of the molecule is Cc1cc(N2CCCC2)nc(N2CCN(S(=O)(=O)Cc3ccc(C(F)(F)F)cc3)CC2)n1. The van der Waals surface area contributed by atoms with Crippen molar-refractivity contribution >= 4 is 21.8 Å². The van der Waals surface area contributed by atoms with E-state index in [1.807, 2.05) is 17.9 Å². The summed E-state index contributed by atoms with van der Waals surface area (Å²) in [5.74, 6) is 1.18. The molecule has 0 bridgehead atoms. The predicted octanol–water partition coefficient (Wildman–Crippen LogP) is 3.06. The third-order valence-corrected chi connectivity index (χ3v) is 7.65. The summed E-state index contributed by atoms with van der Waals surface area (Å²) in [5, 5.41) is 0. The second-order valence-corrected chi connectivity index (χ2v) is 10.2. The van der Waals surface area contributed by atoms with Gasteiger partial charge in [0.15, 0.2) is 0 Å². The van der Waals surface area contributed by atoms with Crippen LogP contribution in [0.15, 0.2) is 30.3 Å². The molecule has 2 aromatic rings. The number of aromatic nitrogens is 2. The predicted molar refractivity (Wildman–Crippen MR) is 116 cm³/mol. The first-order valence-electron chi connectivity index (χ1n) is 10.6. The van der Waals surface area contributed by atoms with Gasteiger partial charge in [-0.1, -0.05) is 12.1 Å². The average molecular weight is 470 g/mol. The van der Waals surface area contributed by atoms with Gasteiger partial charge >= 0.3 is 6.18 Å². The van der Waals surface area contributed by atoms with Crippen LogP contribution in [0.4, 0.5) is 24.9 Å². The smallest absolute Gasteiger partial charge is 0.356 e. The van der Waals surface area contributed by atoms with E-state index in [9.17, 15) is 21.6 Å². The number of rotatable bonds is 5. The lowest BCUT2D eigenvalue weighted by Gasteiger charge is -2.34. The minimum atomic E-state index is -4.44. The van der Waals surface area contributed by atoms with Crippen LogP contribution in [0.2, 0.25) is 0 Å². The summed E-state index contributed by atoms with van der Waals surface area (Å²) in [7, 11) is -3.64. The quantitative estimate of drug-likeness (QED) is 0.671. The second kappa shape index (κ2) is 8.86. The lowest BCUT2D eigenvalue weighted by atomic mass is 10.1. The molecule has 0 spiro atoms. The zero-order valence-electron chi connectivity index (χ0n) is 17.8. The van der Waals surface area contributed by atoms with Crippen molar-refractivity contribution in [2.45, 2.75) is 31.7 Å². The Morgan fingerprint density at radius 2 is 1.53 bits per heavy atom. The zero-order chi connectivity index (χ0) is 22.9. The van der Waals surface area contributed by atoms with E-state index in [4.69, 9.17) is 4.98 Å². The van der Waals surface area contributed by atoms with E-state index < -0.39 is 21.8 Å². The maximum atomic E-state index is 12.8. The van der Waals surface area contributed by atoms with E-state index in [0.717, 1.165) is 49.6 Å². The summed E-state index contributed by atoms with van der Waals surface area (Å²) in [4.78, 5) is 13.5. The molecule has 2 aliphatic heterocycles. The van der Waals surface area contributed by atoms with E-state index in [1.54, 1.807) is 0 Å². The minimum absolute atomic E-state index is 0.277. The minimum Gasteiger partial charge on any atom is -0.356 e. The first-order valence-corrected chi connectivity index (χ1v) is 12.2. The maximum absolute atomic E-state index is 12.8. The first kappa shape index (κ1) is 22.8. The van der Waals surface area contributed by atoms with Gasteiger partial charge in [-0.25, -0.2) is 13.4 Å². The summed E-state index contributed by atoms with van der Waals surface area (Å²) in [6.45, 7) is 5.34. The van der Waals surface area contributed by atoms with E-state index in [0.29, 0.717) is 24.6 Å². The Morgan fingerprint density at radius 1 is 0.906 bits per heavy atom. The van der Waals surface area contributed by atoms with Crippen LogP contribution in [0.1, 0.15) is 29.7 Å². The Hall–Kier alpha value is -2.40. The summed E-state index contributed by atoms with van der Waals surface area (Å²) >= 11 is 0. The van der Waals surface area contributed by atoms with Crippen LogP contribution in [-0.2, 0) is 22.0 Å². The maximum Gasteiger partial charge on any atom is 0.416 e. The molecule has 4 rings (SSSR count). The number of anilines is 2. The molecule has 0 saturated carbocycles. The Bertz CT molecular complexity index is 1050. The van der Waals surface area contributed by atoms with Crippen LogP contribution in [-0.4, -0.2) is 62.0 Å². The molecule has 2 saturated heterocycles. The van der Waals surface area contributed by atoms with Crippen LogP contribution >= 0.6 is 0 Å². The van der Waals surface area contributed by atoms with Crippen LogP contribution in [0.25, 0.3) is 0 Å². The molecule has 1 aromatic carbocycles. The Balaban J connectivity index is 1.40. The standard InChI is InChI=1S/C21H26F3N5O2S/c1-16-14-19(27-8-2-3-9-27)26-20(25-16)28-10-12-29(13-11-28)32(30,31)15-17-4-6-18(7-5-17)21(22,23)24/h4-7,14H,2-3,8-13,15H2,1H3. The van der Waals surface area contributed by atoms with Crippen molar-refractivity contribution in [1.29, 1.82) is 0 Å². The summed E-state index contributed by atoms with van der Waals surface area (Å²) in [6.07, 6.45) is -2.15. The largest absolute Gasteiger partial charge is 0.416 e. The molecule has 0 radical (unpaired) electrons. The Morgan fingerprint density at radius 3 is 2.12 bits per heavy atom. The molecule has 0 aliphatic carbocycles. The normalized spacial score (nSPS) is 18.4. The summed E-state index contributed by atoms with van der Waals surface area (Å²) in [6, 6.07) is 6.24. The average Bonchev–Trinajstić information content (AvgIpc) is 3.28. The third kappa shape index (κ3) is 5.15. The van der Waals surface area contributed by atoms with Crippen molar-refractivity contribution in [1.82, 2.24) is 14.3 Å². The number of piperazine rings is 1. The van der Waals surface area contributed by atoms with Crippen LogP contribution < -0.4 is 9.80 Å². The molecule has 3 heterocycles. The fraction of sp³-hybridized carbons (Fsp3) is 0.524. The second-order valence-electron chi connectivity index (χ2n) is 8.20. The van der Waals surface area contributed by atoms with Gasteiger partial charge in [-0.15, -0.1) is 0 Å². The van der Waals surface area contributed by atoms with Crippen molar-refractivity contribution < 1.29 is 21.6 Å². The summed E-state index contributed by atoms with van der Waals surface area (Å²) < 4.78 is 65.2. The molecule has 174 valence electrons. The number of halogens is 3. The van der Waals surface area contributed by atoms with Crippen molar-refractivity contribution in [3.63, 3.8) is 0 Å². The van der Waals surface area contributed by atoms with Gasteiger partial charge in [-0.05, 0) is 37.5 Å². The van der Waals surface area contributed by atoms with Crippen molar-refractivity contribution in [3.8, 4) is 0 Å². The van der Waals surface area contributed by atoms with Gasteiger partial charge in [0.1, 0.15) is 5.82 Å². The molecule has 0 unspecified atom stereocenters. The molecule has 2 aliphatic rings. The molecule has 32 heavy (non-hydrogen) atoms. The van der Waals surface area contributed by atoms with Crippen LogP contribution in [0, 0.1) is 6.92 Å². The molecule has 0 atom stereocenters. The lowest BCUT2D eigenvalue weighted by Crippen LogP contribution is -2.49. The molecule has 1 aromatic heterocycles. The van der Waals surface area contributed by atoms with Crippen molar-refractivity contribution in [2.75, 3.05) is 49.1 Å². The lowest BCUT2D eigenvalue weighted by molar-refractivity contribution is -0.137. The van der Waals surface area contributed by atoms with Gasteiger partial charge in [0.25, 0.3) is 0 Å². The highest BCUT2D eigenvalue weighted by Crippen LogP contribution is 2.29. The molecule has 2 fully saturated rings. The van der Waals surface area contributed by atoms with Crippen LogP contribution in [0.3, 0.4) is 0 Å². The van der Waals surface area contributed by atoms with Crippen molar-refractivity contribution in [3.05, 3.63) is 47.2 Å². The van der Waals surface area contributed by atoms with E-state index in [1.165, 1.54) is 16.4 Å². The molecule has 11 heteroatoms. The molecular formula is C21H26F3N5O2S. The Kier molecular flexibility index (Phi) is 6.30. The molecule has 7 nitrogen and oxygen atoms in total. The number of nitrogens with zero attached hydrogens (tertiary/aromatic N) is 5. The van der Waals surface area contributed by atoms with Gasteiger partial charge in [0, 0.05) is 51.0 Å². The van der Waals surface area contributed by atoms with Gasteiger partial charge < -0.3 is 9.80 Å². The molecule has 0 amide bonds. The highest BCUT2D eigenvalue weighted by atomic mass is 32.2. The topological polar surface area (TPSA) is 69.6 Å². The summed E-state index contributed by atoms with van der Waals surface area (Å²) in [5.41, 5.74) is 0.408. The number of hydrogen-bond acceptors (Lipinski definition) is 6. The number of sulfonamides is 1. The Labute approximate surface area is 185 Å². The van der Waals surface area contributed by atoms with Gasteiger partial charge in [0.05, 0.1) is 11.3 Å². The number of benzene rings is 1. The zero-order valence-corrected chi connectivity index (χ0v) is 18.7. The van der Waals surface area contributed by atoms with E-state index >= 15 is 0 Å². The van der Waals surface area contributed by atoms with Gasteiger partial charge in [-0.3, -0.25) is 0 Å². The van der Waals surface area contributed by atoms with Crippen LogP contribution in [0.5, 0.6) is 0 Å². The highest BCUT2D eigenvalue weighted by Gasteiger charge is 2.31.